The molecule has 156 valence electrons. The molecule has 2 aromatic rings. The van der Waals surface area contributed by atoms with Gasteiger partial charge in [-0.3, -0.25) is 4.99 Å². The first-order chi connectivity index (χ1) is 13.7. The molecule has 1 fully saturated rings. The number of aliphatic imine (C=N–C) groups is 1. The van der Waals surface area contributed by atoms with Crippen molar-refractivity contribution in [1.29, 1.82) is 0 Å². The molecule has 0 bridgehead atoms. The number of rotatable bonds is 4. The maximum atomic E-state index is 13.9. The summed E-state index contributed by atoms with van der Waals surface area (Å²) in [5.74, 6) is 1.93. The van der Waals surface area contributed by atoms with Crippen molar-refractivity contribution >= 4 is 29.9 Å². The Morgan fingerprint density at radius 2 is 2.10 bits per heavy atom. The SMILES string of the molecule is CN=C(NCCc1cc(F)cc2c1OCOC2)N1CCC(c2ccccc2)C1.I. The number of nitrogens with one attached hydrogen (secondary N) is 1. The van der Waals surface area contributed by atoms with E-state index in [1.54, 1.807) is 6.07 Å². The molecule has 4 rings (SSSR count). The topological polar surface area (TPSA) is 46.1 Å². The van der Waals surface area contributed by atoms with Gasteiger partial charge in [0.05, 0.1) is 6.61 Å². The number of nitrogens with zero attached hydrogens (tertiary/aromatic N) is 2. The van der Waals surface area contributed by atoms with Gasteiger partial charge in [0.2, 0.25) is 0 Å². The molecule has 0 spiro atoms. The zero-order valence-corrected chi connectivity index (χ0v) is 18.9. The molecule has 1 unspecified atom stereocenters. The minimum absolute atomic E-state index is 0. The number of ether oxygens (including phenoxy) is 2. The number of hydrogen-bond acceptors (Lipinski definition) is 3. The molecule has 2 heterocycles. The summed E-state index contributed by atoms with van der Waals surface area (Å²) in [7, 11) is 1.81. The molecule has 29 heavy (non-hydrogen) atoms. The van der Waals surface area contributed by atoms with Crippen molar-refractivity contribution in [3.63, 3.8) is 0 Å². The Balaban J connectivity index is 0.00000240. The first-order valence-electron chi connectivity index (χ1n) is 9.77. The van der Waals surface area contributed by atoms with Crippen LogP contribution < -0.4 is 10.1 Å². The Hall–Kier alpha value is -1.87. The van der Waals surface area contributed by atoms with Gasteiger partial charge in [-0.15, -0.1) is 24.0 Å². The van der Waals surface area contributed by atoms with E-state index in [0.717, 1.165) is 42.3 Å². The maximum absolute atomic E-state index is 13.9. The number of likely N-dealkylation sites (tertiary alicyclic amines) is 1. The largest absolute Gasteiger partial charge is 0.467 e. The summed E-state index contributed by atoms with van der Waals surface area (Å²) >= 11 is 0. The van der Waals surface area contributed by atoms with Crippen LogP contribution >= 0.6 is 24.0 Å². The third kappa shape index (κ3) is 5.19. The molecule has 0 radical (unpaired) electrons. The standard InChI is InChI=1S/C22H26FN3O2.HI/c1-24-22(26-10-8-18(13-26)16-5-3-2-4-6-16)25-9-7-17-11-20(23)12-19-14-27-15-28-21(17)19;/h2-6,11-12,18H,7-10,13-15H2,1H3,(H,24,25);1H. The molecule has 7 heteroatoms. The highest BCUT2D eigenvalue weighted by Gasteiger charge is 2.26. The molecule has 0 saturated carbocycles. The Morgan fingerprint density at radius 3 is 2.90 bits per heavy atom. The normalized spacial score (nSPS) is 18.6. The molecule has 0 aliphatic carbocycles. The van der Waals surface area contributed by atoms with Crippen molar-refractivity contribution in [1.82, 2.24) is 10.2 Å². The molecule has 1 saturated heterocycles. The van der Waals surface area contributed by atoms with Crippen LogP contribution in [0.5, 0.6) is 5.75 Å². The van der Waals surface area contributed by atoms with Crippen LogP contribution in [-0.4, -0.2) is 44.3 Å². The van der Waals surface area contributed by atoms with Crippen molar-refractivity contribution in [3.05, 3.63) is 65.0 Å². The molecule has 5 nitrogen and oxygen atoms in total. The monoisotopic (exact) mass is 511 g/mol. The van der Waals surface area contributed by atoms with Gasteiger partial charge >= 0.3 is 0 Å². The molecular weight excluding hydrogens is 484 g/mol. The van der Waals surface area contributed by atoms with E-state index in [0.29, 0.717) is 25.5 Å². The summed E-state index contributed by atoms with van der Waals surface area (Å²) in [6, 6.07) is 13.7. The van der Waals surface area contributed by atoms with E-state index in [2.05, 4.69) is 45.5 Å². The summed E-state index contributed by atoms with van der Waals surface area (Å²) in [6.45, 7) is 3.22. The van der Waals surface area contributed by atoms with Crippen LogP contribution in [0.25, 0.3) is 0 Å². The number of halogens is 2. The molecule has 2 aromatic carbocycles. The van der Waals surface area contributed by atoms with E-state index in [1.807, 2.05) is 7.05 Å². The average Bonchev–Trinajstić information content (AvgIpc) is 3.21. The van der Waals surface area contributed by atoms with Gasteiger partial charge in [-0.2, -0.15) is 0 Å². The van der Waals surface area contributed by atoms with E-state index < -0.39 is 0 Å². The Bertz CT molecular complexity index is 847. The van der Waals surface area contributed by atoms with Gasteiger partial charge in [-0.1, -0.05) is 30.3 Å². The number of fused-ring (bicyclic) bond motifs is 1. The zero-order chi connectivity index (χ0) is 19.3. The summed E-state index contributed by atoms with van der Waals surface area (Å²) in [6.07, 6.45) is 1.78. The van der Waals surface area contributed by atoms with Crippen LogP contribution in [-0.2, 0) is 17.8 Å². The van der Waals surface area contributed by atoms with Crippen molar-refractivity contribution in [2.75, 3.05) is 33.5 Å². The van der Waals surface area contributed by atoms with Crippen molar-refractivity contribution in [3.8, 4) is 5.75 Å². The smallest absolute Gasteiger partial charge is 0.193 e. The molecular formula is C22H27FIN3O2. The van der Waals surface area contributed by atoms with Gasteiger partial charge < -0.3 is 19.7 Å². The van der Waals surface area contributed by atoms with Crippen LogP contribution in [0.1, 0.15) is 29.0 Å². The Morgan fingerprint density at radius 1 is 1.28 bits per heavy atom. The lowest BCUT2D eigenvalue weighted by Crippen LogP contribution is -2.40. The van der Waals surface area contributed by atoms with E-state index in [4.69, 9.17) is 9.47 Å². The van der Waals surface area contributed by atoms with Gasteiger partial charge in [0.25, 0.3) is 0 Å². The highest BCUT2D eigenvalue weighted by atomic mass is 127. The van der Waals surface area contributed by atoms with E-state index in [1.165, 1.54) is 11.6 Å². The first kappa shape index (κ1) is 21.8. The second-order valence-corrected chi connectivity index (χ2v) is 7.23. The van der Waals surface area contributed by atoms with Gasteiger partial charge in [0, 0.05) is 38.2 Å². The fourth-order valence-electron chi connectivity index (χ4n) is 4.03. The average molecular weight is 511 g/mol. The molecule has 0 aromatic heterocycles. The number of guanidine groups is 1. The third-order valence-electron chi connectivity index (χ3n) is 5.40. The second kappa shape index (κ2) is 10.2. The molecule has 1 N–H and O–H groups in total. The van der Waals surface area contributed by atoms with E-state index >= 15 is 0 Å². The lowest BCUT2D eigenvalue weighted by Gasteiger charge is -2.23. The number of benzene rings is 2. The highest BCUT2D eigenvalue weighted by molar-refractivity contribution is 14.0. The predicted octanol–water partition coefficient (Wildman–Crippen LogP) is 3.92. The minimum Gasteiger partial charge on any atom is -0.467 e. The molecule has 2 aliphatic heterocycles. The van der Waals surface area contributed by atoms with E-state index in [-0.39, 0.29) is 36.6 Å². The van der Waals surface area contributed by atoms with Gasteiger partial charge in [0.1, 0.15) is 11.6 Å². The lowest BCUT2D eigenvalue weighted by atomic mass is 9.99. The Labute approximate surface area is 188 Å². The fourth-order valence-corrected chi connectivity index (χ4v) is 4.03. The van der Waals surface area contributed by atoms with Crippen LogP contribution in [0.4, 0.5) is 4.39 Å². The van der Waals surface area contributed by atoms with Crippen LogP contribution in [0.3, 0.4) is 0 Å². The van der Waals surface area contributed by atoms with Crippen LogP contribution in [0.15, 0.2) is 47.5 Å². The van der Waals surface area contributed by atoms with Gasteiger partial charge in [-0.05, 0) is 36.1 Å². The Kier molecular flexibility index (Phi) is 7.71. The first-order valence-corrected chi connectivity index (χ1v) is 9.77. The van der Waals surface area contributed by atoms with Crippen LogP contribution in [0, 0.1) is 5.82 Å². The summed E-state index contributed by atoms with van der Waals surface area (Å²) < 4.78 is 24.7. The summed E-state index contributed by atoms with van der Waals surface area (Å²) in [5, 5.41) is 3.42. The van der Waals surface area contributed by atoms with Crippen molar-refractivity contribution < 1.29 is 13.9 Å². The summed E-state index contributed by atoms with van der Waals surface area (Å²) in [4.78, 5) is 6.74. The minimum atomic E-state index is -0.252. The number of hydrogen-bond donors (Lipinski definition) is 1. The lowest BCUT2D eigenvalue weighted by molar-refractivity contribution is -0.0172. The second-order valence-electron chi connectivity index (χ2n) is 7.23. The third-order valence-corrected chi connectivity index (χ3v) is 5.40. The van der Waals surface area contributed by atoms with Crippen molar-refractivity contribution in [2.45, 2.75) is 25.4 Å². The zero-order valence-electron chi connectivity index (χ0n) is 16.6. The highest BCUT2D eigenvalue weighted by Crippen LogP contribution is 2.30. The maximum Gasteiger partial charge on any atom is 0.193 e. The van der Waals surface area contributed by atoms with Crippen LogP contribution in [0.2, 0.25) is 0 Å². The van der Waals surface area contributed by atoms with Gasteiger partial charge in [0.15, 0.2) is 12.8 Å². The quantitative estimate of drug-likeness (QED) is 0.384. The molecule has 0 amide bonds. The molecule has 2 aliphatic rings. The fraction of sp³-hybridized carbons (Fsp3) is 0.409. The summed E-state index contributed by atoms with van der Waals surface area (Å²) in [5.41, 5.74) is 3.02. The van der Waals surface area contributed by atoms with Crippen molar-refractivity contribution in [2.24, 2.45) is 4.99 Å². The molecule has 1 atom stereocenters. The predicted molar refractivity (Wildman–Crippen MR) is 123 cm³/mol. The van der Waals surface area contributed by atoms with Gasteiger partial charge in [-0.25, -0.2) is 4.39 Å². The van der Waals surface area contributed by atoms with E-state index in [9.17, 15) is 4.39 Å².